The molecule has 2 rings (SSSR count). The highest BCUT2D eigenvalue weighted by atomic mass is 35.5. The number of methoxy groups -OCH3 is 1. The van der Waals surface area contributed by atoms with E-state index in [1.165, 1.54) is 6.26 Å². The van der Waals surface area contributed by atoms with Crippen LogP contribution in [0.4, 0.5) is 0 Å². The topological polar surface area (TPSA) is 69.4 Å². The Morgan fingerprint density at radius 1 is 1.14 bits per heavy atom. The Bertz CT molecular complexity index is 742. The molecular weight excluding hydrogens is 310 g/mol. The van der Waals surface area contributed by atoms with Crippen molar-refractivity contribution in [3.8, 4) is 5.75 Å². The second-order valence-corrected chi connectivity index (χ2v) is 7.13. The zero-order chi connectivity index (χ0) is 15.6. The molecule has 0 aliphatic rings. The van der Waals surface area contributed by atoms with Crippen molar-refractivity contribution in [2.75, 3.05) is 13.4 Å². The largest absolute Gasteiger partial charge is 0.497 e. The number of nitrogens with two attached hydrogens (primary N) is 1. The van der Waals surface area contributed by atoms with E-state index in [1.54, 1.807) is 49.6 Å². The average molecular weight is 326 g/mol. The number of hydrogen-bond donors (Lipinski definition) is 1. The van der Waals surface area contributed by atoms with Crippen molar-refractivity contribution in [3.63, 3.8) is 0 Å². The Kier molecular flexibility index (Phi) is 4.56. The predicted molar refractivity (Wildman–Crippen MR) is 83.6 cm³/mol. The van der Waals surface area contributed by atoms with Crippen molar-refractivity contribution in [1.29, 1.82) is 0 Å². The minimum Gasteiger partial charge on any atom is -0.497 e. The highest BCUT2D eigenvalue weighted by Crippen LogP contribution is 2.30. The number of rotatable bonds is 4. The fraction of sp³-hybridized carbons (Fsp3) is 0.200. The molecule has 0 bridgehead atoms. The Balaban J connectivity index is 2.34. The van der Waals surface area contributed by atoms with E-state index in [9.17, 15) is 8.42 Å². The second kappa shape index (κ2) is 6.05. The van der Waals surface area contributed by atoms with Gasteiger partial charge >= 0.3 is 0 Å². The van der Waals surface area contributed by atoms with E-state index < -0.39 is 15.9 Å². The Hall–Kier alpha value is -1.56. The molecule has 0 radical (unpaired) electrons. The summed E-state index contributed by atoms with van der Waals surface area (Å²) in [6.45, 7) is 0. The van der Waals surface area contributed by atoms with E-state index in [-0.39, 0.29) is 4.90 Å². The maximum absolute atomic E-state index is 11.4. The molecule has 21 heavy (non-hydrogen) atoms. The number of benzene rings is 2. The molecule has 4 nitrogen and oxygen atoms in total. The first-order valence-electron chi connectivity index (χ1n) is 6.22. The van der Waals surface area contributed by atoms with Gasteiger partial charge in [-0.25, -0.2) is 8.42 Å². The molecule has 1 unspecified atom stereocenters. The smallest absolute Gasteiger partial charge is 0.175 e. The molecule has 0 saturated carbocycles. The monoisotopic (exact) mass is 325 g/mol. The van der Waals surface area contributed by atoms with E-state index in [0.29, 0.717) is 10.8 Å². The van der Waals surface area contributed by atoms with Crippen LogP contribution in [0.1, 0.15) is 17.2 Å². The van der Waals surface area contributed by atoms with Crippen LogP contribution < -0.4 is 10.5 Å². The third-order valence-electron chi connectivity index (χ3n) is 3.21. The zero-order valence-corrected chi connectivity index (χ0v) is 13.3. The van der Waals surface area contributed by atoms with Gasteiger partial charge in [0.2, 0.25) is 0 Å². The maximum atomic E-state index is 11.4. The fourth-order valence-corrected chi connectivity index (χ4v) is 2.91. The lowest BCUT2D eigenvalue weighted by molar-refractivity contribution is 0.414. The zero-order valence-electron chi connectivity index (χ0n) is 11.7. The quantitative estimate of drug-likeness (QED) is 0.938. The van der Waals surface area contributed by atoms with Crippen LogP contribution in [0.15, 0.2) is 47.4 Å². The van der Waals surface area contributed by atoms with Crippen LogP contribution in [0.3, 0.4) is 0 Å². The van der Waals surface area contributed by atoms with Gasteiger partial charge in [-0.15, -0.1) is 0 Å². The summed E-state index contributed by atoms with van der Waals surface area (Å²) in [5.41, 5.74) is 7.73. The van der Waals surface area contributed by atoms with E-state index in [2.05, 4.69) is 0 Å². The van der Waals surface area contributed by atoms with Crippen LogP contribution in [-0.2, 0) is 9.84 Å². The van der Waals surface area contributed by atoms with Crippen molar-refractivity contribution >= 4 is 21.4 Å². The summed E-state index contributed by atoms with van der Waals surface area (Å²) in [6, 6.07) is 11.3. The average Bonchev–Trinajstić information content (AvgIpc) is 2.45. The van der Waals surface area contributed by atoms with Crippen molar-refractivity contribution in [1.82, 2.24) is 0 Å². The summed E-state index contributed by atoms with van der Waals surface area (Å²) in [5.74, 6) is 0.656. The number of sulfone groups is 1. The Labute approximate surface area is 129 Å². The second-order valence-electron chi connectivity index (χ2n) is 4.71. The van der Waals surface area contributed by atoms with Crippen molar-refractivity contribution in [2.45, 2.75) is 10.9 Å². The minimum absolute atomic E-state index is 0.263. The van der Waals surface area contributed by atoms with Gasteiger partial charge in [-0.2, -0.15) is 0 Å². The third-order valence-corrected chi connectivity index (χ3v) is 4.67. The summed E-state index contributed by atoms with van der Waals surface area (Å²) >= 11 is 6.20. The summed E-state index contributed by atoms with van der Waals surface area (Å²) in [7, 11) is -1.65. The van der Waals surface area contributed by atoms with E-state index >= 15 is 0 Å². The highest BCUT2D eigenvalue weighted by Gasteiger charge is 2.14. The van der Waals surface area contributed by atoms with E-state index in [4.69, 9.17) is 22.1 Å². The Morgan fingerprint density at radius 2 is 1.76 bits per heavy atom. The predicted octanol–water partition coefficient (Wildman–Crippen LogP) is 2.80. The summed E-state index contributed by atoms with van der Waals surface area (Å²) in [4.78, 5) is 0.263. The SMILES string of the molecule is COc1ccc(C(N)c2ccc(S(C)(=O)=O)cc2)c(Cl)c1. The lowest BCUT2D eigenvalue weighted by atomic mass is 9.99. The van der Waals surface area contributed by atoms with Crippen LogP contribution in [0.2, 0.25) is 5.02 Å². The van der Waals surface area contributed by atoms with Gasteiger partial charge in [-0.05, 0) is 35.4 Å². The van der Waals surface area contributed by atoms with E-state index in [1.807, 2.05) is 0 Å². The summed E-state index contributed by atoms with van der Waals surface area (Å²) in [6.07, 6.45) is 1.17. The van der Waals surface area contributed by atoms with Gasteiger partial charge in [-0.1, -0.05) is 29.8 Å². The molecule has 1 atom stereocenters. The minimum atomic E-state index is -3.21. The van der Waals surface area contributed by atoms with Crippen LogP contribution >= 0.6 is 11.6 Å². The molecular formula is C15H16ClNO3S. The molecule has 6 heteroatoms. The molecule has 2 aromatic rings. The highest BCUT2D eigenvalue weighted by molar-refractivity contribution is 7.90. The third kappa shape index (κ3) is 3.56. The van der Waals surface area contributed by atoms with Gasteiger partial charge in [0, 0.05) is 11.3 Å². The Morgan fingerprint density at radius 3 is 2.24 bits per heavy atom. The maximum Gasteiger partial charge on any atom is 0.175 e. The van der Waals surface area contributed by atoms with Gasteiger partial charge in [0.15, 0.2) is 9.84 Å². The standard InChI is InChI=1S/C15H16ClNO3S/c1-20-11-5-8-13(14(16)9-11)15(17)10-3-6-12(7-4-10)21(2,18)19/h3-9,15H,17H2,1-2H3. The van der Waals surface area contributed by atoms with Crippen molar-refractivity contribution < 1.29 is 13.2 Å². The molecule has 0 aliphatic heterocycles. The molecule has 112 valence electrons. The van der Waals surface area contributed by atoms with Crippen LogP contribution in [0.5, 0.6) is 5.75 Å². The van der Waals surface area contributed by atoms with Crippen LogP contribution in [0.25, 0.3) is 0 Å². The first-order valence-corrected chi connectivity index (χ1v) is 8.49. The van der Waals surface area contributed by atoms with E-state index in [0.717, 1.165) is 11.1 Å². The molecule has 0 amide bonds. The molecule has 0 fully saturated rings. The molecule has 0 aromatic heterocycles. The van der Waals surface area contributed by atoms with Gasteiger partial charge in [0.05, 0.1) is 18.0 Å². The normalized spacial score (nSPS) is 13.0. The van der Waals surface area contributed by atoms with Gasteiger partial charge in [-0.3, -0.25) is 0 Å². The lowest BCUT2D eigenvalue weighted by Crippen LogP contribution is -2.12. The molecule has 0 heterocycles. The first kappa shape index (κ1) is 15.8. The van der Waals surface area contributed by atoms with Crippen molar-refractivity contribution in [3.05, 3.63) is 58.6 Å². The summed E-state index contributed by atoms with van der Waals surface area (Å²) < 4.78 is 28.0. The number of halogens is 1. The van der Waals surface area contributed by atoms with Gasteiger partial charge in [0.25, 0.3) is 0 Å². The van der Waals surface area contributed by atoms with Crippen molar-refractivity contribution in [2.24, 2.45) is 5.73 Å². The summed E-state index contributed by atoms with van der Waals surface area (Å²) in [5, 5.41) is 0.508. The molecule has 0 saturated heterocycles. The van der Waals surface area contributed by atoms with Gasteiger partial charge < -0.3 is 10.5 Å². The lowest BCUT2D eigenvalue weighted by Gasteiger charge is -2.15. The molecule has 2 aromatic carbocycles. The number of hydrogen-bond acceptors (Lipinski definition) is 4. The van der Waals surface area contributed by atoms with Crippen LogP contribution in [0, 0.1) is 0 Å². The molecule has 2 N–H and O–H groups in total. The molecule has 0 aliphatic carbocycles. The first-order chi connectivity index (χ1) is 9.82. The number of ether oxygens (including phenoxy) is 1. The molecule has 0 spiro atoms. The fourth-order valence-electron chi connectivity index (χ4n) is 1.99. The van der Waals surface area contributed by atoms with Crippen LogP contribution in [-0.4, -0.2) is 21.8 Å². The van der Waals surface area contributed by atoms with Gasteiger partial charge in [0.1, 0.15) is 5.75 Å².